The molecule has 0 aromatic rings. The maximum absolute atomic E-state index is 11.3. The lowest BCUT2D eigenvalue weighted by Crippen LogP contribution is -2.38. The van der Waals surface area contributed by atoms with E-state index in [1.807, 2.05) is 20.8 Å². The second kappa shape index (κ2) is 7.76. The summed E-state index contributed by atoms with van der Waals surface area (Å²) in [6.07, 6.45) is 1.22. The summed E-state index contributed by atoms with van der Waals surface area (Å²) in [5, 5.41) is 2.84. The van der Waals surface area contributed by atoms with Crippen molar-refractivity contribution in [3.05, 3.63) is 0 Å². The lowest BCUT2D eigenvalue weighted by molar-refractivity contribution is -0.122. The van der Waals surface area contributed by atoms with Gasteiger partial charge in [-0.25, -0.2) is 0 Å². The number of hydrogen-bond donors (Lipinski definition) is 2. The average molecular weight is 202 g/mol. The van der Waals surface area contributed by atoms with E-state index in [-0.39, 0.29) is 18.0 Å². The van der Waals surface area contributed by atoms with E-state index in [2.05, 4.69) is 5.32 Å². The van der Waals surface area contributed by atoms with Crippen LogP contribution in [0.2, 0.25) is 0 Å². The van der Waals surface area contributed by atoms with Gasteiger partial charge in [0.2, 0.25) is 5.91 Å². The fraction of sp³-hybridized carbons (Fsp3) is 0.900. The molecular formula is C10H22N2O2. The average Bonchev–Trinajstić information content (AvgIpc) is 2.14. The molecule has 84 valence electrons. The molecule has 0 rings (SSSR count). The summed E-state index contributed by atoms with van der Waals surface area (Å²) in [6.45, 7) is 7.06. The monoisotopic (exact) mass is 202 g/mol. The van der Waals surface area contributed by atoms with Crippen LogP contribution < -0.4 is 11.1 Å². The van der Waals surface area contributed by atoms with Crippen LogP contribution in [0.4, 0.5) is 0 Å². The number of nitrogens with one attached hydrogen (secondary N) is 1. The highest BCUT2D eigenvalue weighted by Crippen LogP contribution is 1.94. The van der Waals surface area contributed by atoms with E-state index in [4.69, 9.17) is 10.5 Å². The maximum atomic E-state index is 11.3. The second-order valence-corrected chi connectivity index (χ2v) is 3.50. The largest absolute Gasteiger partial charge is 0.380 e. The Bertz CT molecular complexity index is 162. The van der Waals surface area contributed by atoms with Gasteiger partial charge < -0.3 is 15.8 Å². The van der Waals surface area contributed by atoms with Crippen LogP contribution in [0.1, 0.15) is 33.6 Å². The first-order valence-corrected chi connectivity index (χ1v) is 5.22. The molecular weight excluding hydrogens is 180 g/mol. The van der Waals surface area contributed by atoms with Gasteiger partial charge in [-0.2, -0.15) is 0 Å². The van der Waals surface area contributed by atoms with Crippen molar-refractivity contribution in [2.45, 2.75) is 45.7 Å². The molecule has 3 N–H and O–H groups in total. The van der Waals surface area contributed by atoms with Crippen molar-refractivity contribution in [3.63, 3.8) is 0 Å². The number of ether oxygens (including phenoxy) is 1. The van der Waals surface area contributed by atoms with Crippen molar-refractivity contribution in [1.29, 1.82) is 0 Å². The molecule has 0 aromatic heterocycles. The zero-order valence-corrected chi connectivity index (χ0v) is 9.38. The summed E-state index contributed by atoms with van der Waals surface area (Å²) in [4.78, 5) is 11.3. The van der Waals surface area contributed by atoms with E-state index in [0.717, 1.165) is 6.42 Å². The molecule has 0 aliphatic rings. The van der Waals surface area contributed by atoms with Crippen molar-refractivity contribution in [2.24, 2.45) is 5.73 Å². The molecule has 1 amide bonds. The van der Waals surface area contributed by atoms with Gasteiger partial charge in [0.05, 0.1) is 6.61 Å². The predicted molar refractivity (Wildman–Crippen MR) is 57.0 cm³/mol. The van der Waals surface area contributed by atoms with Crippen LogP contribution in [0.15, 0.2) is 0 Å². The third-order valence-corrected chi connectivity index (χ3v) is 1.95. The molecule has 0 aromatic carbocycles. The molecule has 0 aliphatic heterocycles. The number of hydrogen-bond acceptors (Lipinski definition) is 3. The molecule has 14 heavy (non-hydrogen) atoms. The number of amides is 1. The van der Waals surface area contributed by atoms with Crippen LogP contribution >= 0.6 is 0 Å². The van der Waals surface area contributed by atoms with Gasteiger partial charge in [0, 0.05) is 25.1 Å². The Kier molecular flexibility index (Phi) is 7.42. The Labute approximate surface area is 86.2 Å². The summed E-state index contributed by atoms with van der Waals surface area (Å²) < 4.78 is 5.18. The highest BCUT2D eigenvalue weighted by molar-refractivity contribution is 5.76. The molecule has 2 atom stereocenters. The van der Waals surface area contributed by atoms with Crippen molar-refractivity contribution in [3.8, 4) is 0 Å². The fourth-order valence-electron chi connectivity index (χ4n) is 1.05. The van der Waals surface area contributed by atoms with Gasteiger partial charge in [-0.1, -0.05) is 6.92 Å². The van der Waals surface area contributed by atoms with Gasteiger partial charge in [-0.3, -0.25) is 4.79 Å². The van der Waals surface area contributed by atoms with Gasteiger partial charge in [-0.05, 0) is 20.3 Å². The van der Waals surface area contributed by atoms with Crippen molar-refractivity contribution in [2.75, 3.05) is 13.2 Å². The van der Waals surface area contributed by atoms with Crippen LogP contribution in [0.3, 0.4) is 0 Å². The minimum Gasteiger partial charge on any atom is -0.380 e. The Hall–Kier alpha value is -0.610. The Morgan fingerprint density at radius 3 is 2.64 bits per heavy atom. The third-order valence-electron chi connectivity index (χ3n) is 1.95. The molecule has 4 nitrogen and oxygen atoms in total. The van der Waals surface area contributed by atoms with Gasteiger partial charge in [0.15, 0.2) is 0 Å². The van der Waals surface area contributed by atoms with E-state index in [1.54, 1.807) is 0 Å². The Morgan fingerprint density at radius 2 is 2.14 bits per heavy atom. The van der Waals surface area contributed by atoms with E-state index >= 15 is 0 Å². The quantitative estimate of drug-likeness (QED) is 0.637. The maximum Gasteiger partial charge on any atom is 0.221 e. The van der Waals surface area contributed by atoms with Gasteiger partial charge in [0.1, 0.15) is 0 Å². The van der Waals surface area contributed by atoms with Crippen molar-refractivity contribution >= 4 is 5.91 Å². The molecule has 2 unspecified atom stereocenters. The van der Waals surface area contributed by atoms with Crippen LogP contribution in [0.5, 0.6) is 0 Å². The van der Waals surface area contributed by atoms with Gasteiger partial charge >= 0.3 is 0 Å². The standard InChI is InChI=1S/C10H22N2O2/c1-4-9(11)6-10(13)12-8(3)7-14-5-2/h8-9H,4-7,11H2,1-3H3,(H,12,13). The Morgan fingerprint density at radius 1 is 1.50 bits per heavy atom. The minimum absolute atomic E-state index is 0.00607. The third kappa shape index (κ3) is 6.86. The van der Waals surface area contributed by atoms with Crippen LogP contribution in [-0.2, 0) is 9.53 Å². The summed E-state index contributed by atoms with van der Waals surface area (Å²) in [5.41, 5.74) is 5.66. The Balaban J connectivity index is 3.60. The minimum atomic E-state index is -0.0331. The molecule has 4 heteroatoms. The molecule has 0 spiro atoms. The summed E-state index contributed by atoms with van der Waals surface area (Å²) >= 11 is 0. The molecule has 0 heterocycles. The molecule has 0 aliphatic carbocycles. The summed E-state index contributed by atoms with van der Waals surface area (Å²) in [7, 11) is 0. The normalized spacial score (nSPS) is 14.9. The first kappa shape index (κ1) is 13.4. The SMILES string of the molecule is CCOCC(C)NC(=O)CC(N)CC. The first-order valence-electron chi connectivity index (χ1n) is 5.22. The van der Waals surface area contributed by atoms with Gasteiger partial charge in [0.25, 0.3) is 0 Å². The first-order chi connectivity index (χ1) is 6.60. The number of carbonyl (C=O) groups is 1. The second-order valence-electron chi connectivity index (χ2n) is 3.50. The summed E-state index contributed by atoms with van der Waals surface area (Å²) in [6, 6.07) is 0.0285. The highest BCUT2D eigenvalue weighted by atomic mass is 16.5. The summed E-state index contributed by atoms with van der Waals surface area (Å²) in [5.74, 6) is 0.00607. The van der Waals surface area contributed by atoms with Crippen LogP contribution in [0, 0.1) is 0 Å². The zero-order valence-electron chi connectivity index (χ0n) is 9.38. The smallest absolute Gasteiger partial charge is 0.221 e. The number of carbonyl (C=O) groups excluding carboxylic acids is 1. The molecule has 0 saturated carbocycles. The number of rotatable bonds is 7. The predicted octanol–water partition coefficient (Wildman–Crippen LogP) is 0.655. The van der Waals surface area contributed by atoms with E-state index < -0.39 is 0 Å². The topological polar surface area (TPSA) is 64.3 Å². The van der Waals surface area contributed by atoms with E-state index in [9.17, 15) is 4.79 Å². The number of nitrogens with two attached hydrogens (primary N) is 1. The van der Waals surface area contributed by atoms with Gasteiger partial charge in [-0.15, -0.1) is 0 Å². The van der Waals surface area contributed by atoms with Crippen LogP contribution in [0.25, 0.3) is 0 Å². The molecule has 0 radical (unpaired) electrons. The lowest BCUT2D eigenvalue weighted by Gasteiger charge is -2.15. The lowest BCUT2D eigenvalue weighted by atomic mass is 10.1. The van der Waals surface area contributed by atoms with E-state index in [1.165, 1.54) is 0 Å². The van der Waals surface area contributed by atoms with E-state index in [0.29, 0.717) is 19.6 Å². The molecule has 0 fully saturated rings. The van der Waals surface area contributed by atoms with Crippen molar-refractivity contribution in [1.82, 2.24) is 5.32 Å². The fourth-order valence-corrected chi connectivity index (χ4v) is 1.05. The zero-order chi connectivity index (χ0) is 11.0. The highest BCUT2D eigenvalue weighted by Gasteiger charge is 2.10. The molecule has 0 saturated heterocycles. The van der Waals surface area contributed by atoms with Crippen molar-refractivity contribution < 1.29 is 9.53 Å². The molecule has 0 bridgehead atoms. The van der Waals surface area contributed by atoms with Crippen LogP contribution in [-0.4, -0.2) is 31.2 Å².